The molecule has 0 fully saturated rings. The molecule has 0 bridgehead atoms. The van der Waals surface area contributed by atoms with Gasteiger partial charge in [-0.15, -0.1) is 0 Å². The number of hydrogen-bond donors (Lipinski definition) is 0. The summed E-state index contributed by atoms with van der Waals surface area (Å²) >= 11 is 0. The fourth-order valence-electron chi connectivity index (χ4n) is 2.11. The minimum absolute atomic E-state index is 0.169. The maximum atomic E-state index is 11.5. The second kappa shape index (κ2) is 9.41. The molecule has 0 amide bonds. The first-order chi connectivity index (χ1) is 11.3. The summed E-state index contributed by atoms with van der Waals surface area (Å²) in [4.78, 5) is 23.0. The predicted octanol–water partition coefficient (Wildman–Crippen LogP) is 2.95. The van der Waals surface area contributed by atoms with Crippen LogP contribution >= 0.6 is 0 Å². The van der Waals surface area contributed by atoms with E-state index in [0.29, 0.717) is 12.8 Å². The highest BCUT2D eigenvalue weighted by atomic mass is 16.6. The van der Waals surface area contributed by atoms with E-state index in [-0.39, 0.29) is 13.2 Å². The van der Waals surface area contributed by atoms with Crippen LogP contribution in [0.5, 0.6) is 0 Å². The Kier molecular flexibility index (Phi) is 6.85. The van der Waals surface area contributed by atoms with Crippen LogP contribution in [-0.2, 0) is 31.9 Å². The van der Waals surface area contributed by atoms with E-state index in [0.717, 1.165) is 12.0 Å². The third-order valence-electron chi connectivity index (χ3n) is 3.32. The van der Waals surface area contributed by atoms with Gasteiger partial charge in [-0.05, 0) is 24.0 Å². The highest BCUT2D eigenvalue weighted by molar-refractivity contribution is 6.29. The average molecular weight is 312 g/mol. The van der Waals surface area contributed by atoms with Crippen LogP contribution in [0.2, 0.25) is 0 Å². The van der Waals surface area contributed by atoms with Crippen LogP contribution in [0.1, 0.15) is 17.5 Å². The fourth-order valence-corrected chi connectivity index (χ4v) is 2.11. The minimum Gasteiger partial charge on any atom is -0.457 e. The van der Waals surface area contributed by atoms with Gasteiger partial charge < -0.3 is 9.47 Å². The molecule has 0 saturated carbocycles. The molecule has 2 rings (SSSR count). The van der Waals surface area contributed by atoms with Gasteiger partial charge in [0.25, 0.3) is 0 Å². The second-order valence-corrected chi connectivity index (χ2v) is 5.10. The summed E-state index contributed by atoms with van der Waals surface area (Å²) in [5, 5.41) is 0. The highest BCUT2D eigenvalue weighted by Crippen LogP contribution is 2.03. The number of ether oxygens (including phenoxy) is 2. The van der Waals surface area contributed by atoms with Crippen molar-refractivity contribution in [2.45, 2.75) is 19.3 Å². The lowest BCUT2D eigenvalue weighted by molar-refractivity contribution is -0.167. The van der Waals surface area contributed by atoms with Crippen LogP contribution in [-0.4, -0.2) is 25.2 Å². The Morgan fingerprint density at radius 3 is 1.70 bits per heavy atom. The van der Waals surface area contributed by atoms with E-state index in [1.807, 2.05) is 60.7 Å². The van der Waals surface area contributed by atoms with Crippen molar-refractivity contribution in [3.63, 3.8) is 0 Å². The van der Waals surface area contributed by atoms with Crippen molar-refractivity contribution in [2.24, 2.45) is 0 Å². The van der Waals surface area contributed by atoms with Gasteiger partial charge in [0.05, 0.1) is 13.2 Å². The molecule has 0 radical (unpaired) electrons. The molecule has 0 aliphatic carbocycles. The molecule has 4 nitrogen and oxygen atoms in total. The van der Waals surface area contributed by atoms with Gasteiger partial charge in [0.2, 0.25) is 0 Å². The summed E-state index contributed by atoms with van der Waals surface area (Å²) in [6, 6.07) is 19.5. The third-order valence-corrected chi connectivity index (χ3v) is 3.32. The standard InChI is InChI=1S/C19H20O4/c20-18(22-14-7-12-16-8-3-1-4-9-16)19(21)23-15-13-17-10-5-2-6-11-17/h1-6,8-11H,7,12-15H2. The molecule has 0 saturated heterocycles. The van der Waals surface area contributed by atoms with Crippen LogP contribution in [0.3, 0.4) is 0 Å². The SMILES string of the molecule is O=C(OCCCc1ccccc1)C(=O)OCCc1ccccc1. The molecule has 23 heavy (non-hydrogen) atoms. The summed E-state index contributed by atoms with van der Waals surface area (Å²) < 4.78 is 9.82. The summed E-state index contributed by atoms with van der Waals surface area (Å²) in [5.41, 5.74) is 2.23. The Labute approximate surface area is 136 Å². The molecule has 120 valence electrons. The van der Waals surface area contributed by atoms with Crippen molar-refractivity contribution in [3.05, 3.63) is 71.8 Å². The summed E-state index contributed by atoms with van der Waals surface area (Å²) in [5.74, 6) is -1.85. The van der Waals surface area contributed by atoms with E-state index in [1.54, 1.807) is 0 Å². The topological polar surface area (TPSA) is 52.6 Å². The maximum Gasteiger partial charge on any atom is 0.417 e. The van der Waals surface area contributed by atoms with E-state index in [1.165, 1.54) is 5.56 Å². The molecule has 2 aromatic rings. The zero-order valence-corrected chi connectivity index (χ0v) is 12.9. The monoisotopic (exact) mass is 312 g/mol. The molecule has 0 heterocycles. The molecule has 0 atom stereocenters. The number of hydrogen-bond acceptors (Lipinski definition) is 4. The smallest absolute Gasteiger partial charge is 0.417 e. The molecule has 2 aromatic carbocycles. The Bertz CT molecular complexity index is 608. The fraction of sp³-hybridized carbons (Fsp3) is 0.263. The molecular weight excluding hydrogens is 292 g/mol. The first-order valence-corrected chi connectivity index (χ1v) is 7.67. The molecule has 0 unspecified atom stereocenters. The van der Waals surface area contributed by atoms with Crippen molar-refractivity contribution >= 4 is 11.9 Å². The second-order valence-electron chi connectivity index (χ2n) is 5.10. The van der Waals surface area contributed by atoms with Crippen LogP contribution in [0.15, 0.2) is 60.7 Å². The maximum absolute atomic E-state index is 11.5. The van der Waals surface area contributed by atoms with Gasteiger partial charge in [-0.25, -0.2) is 9.59 Å². The number of esters is 2. The first-order valence-electron chi connectivity index (χ1n) is 7.67. The lowest BCUT2D eigenvalue weighted by Crippen LogP contribution is -2.22. The van der Waals surface area contributed by atoms with Gasteiger partial charge in [-0.3, -0.25) is 0 Å². The van der Waals surface area contributed by atoms with E-state index < -0.39 is 11.9 Å². The van der Waals surface area contributed by atoms with Crippen molar-refractivity contribution in [1.82, 2.24) is 0 Å². The molecule has 0 N–H and O–H groups in total. The van der Waals surface area contributed by atoms with Gasteiger partial charge >= 0.3 is 11.9 Å². The van der Waals surface area contributed by atoms with Gasteiger partial charge in [0.15, 0.2) is 0 Å². The van der Waals surface area contributed by atoms with Gasteiger partial charge in [-0.2, -0.15) is 0 Å². The Morgan fingerprint density at radius 2 is 1.13 bits per heavy atom. The number of carbonyl (C=O) groups excluding carboxylic acids is 2. The van der Waals surface area contributed by atoms with Crippen LogP contribution in [0.4, 0.5) is 0 Å². The summed E-state index contributed by atoms with van der Waals surface area (Å²) in [7, 11) is 0. The lowest BCUT2D eigenvalue weighted by atomic mass is 10.1. The molecular formula is C19H20O4. The molecule has 0 aliphatic heterocycles. The molecule has 0 spiro atoms. The number of benzene rings is 2. The van der Waals surface area contributed by atoms with Crippen LogP contribution < -0.4 is 0 Å². The Hall–Kier alpha value is -2.62. The predicted molar refractivity (Wildman–Crippen MR) is 86.8 cm³/mol. The zero-order valence-electron chi connectivity index (χ0n) is 12.9. The average Bonchev–Trinajstić information content (AvgIpc) is 2.60. The summed E-state index contributed by atoms with van der Waals surface area (Å²) in [6.07, 6.45) is 2.05. The lowest BCUT2D eigenvalue weighted by Gasteiger charge is -2.06. The van der Waals surface area contributed by atoms with E-state index in [4.69, 9.17) is 9.47 Å². The minimum atomic E-state index is -0.930. The highest BCUT2D eigenvalue weighted by Gasteiger charge is 2.16. The van der Waals surface area contributed by atoms with Crippen molar-refractivity contribution in [1.29, 1.82) is 0 Å². The largest absolute Gasteiger partial charge is 0.457 e. The van der Waals surface area contributed by atoms with Gasteiger partial charge in [-0.1, -0.05) is 60.7 Å². The summed E-state index contributed by atoms with van der Waals surface area (Å²) in [6.45, 7) is 0.378. The van der Waals surface area contributed by atoms with Crippen molar-refractivity contribution in [2.75, 3.05) is 13.2 Å². The normalized spacial score (nSPS) is 10.1. The van der Waals surface area contributed by atoms with Crippen molar-refractivity contribution in [3.8, 4) is 0 Å². The Morgan fingerprint density at radius 1 is 0.652 bits per heavy atom. The van der Waals surface area contributed by atoms with Crippen LogP contribution in [0, 0.1) is 0 Å². The van der Waals surface area contributed by atoms with Crippen LogP contribution in [0.25, 0.3) is 0 Å². The van der Waals surface area contributed by atoms with E-state index in [2.05, 4.69) is 0 Å². The Balaban J connectivity index is 1.58. The molecule has 0 aromatic heterocycles. The number of aryl methyl sites for hydroxylation is 1. The first kappa shape index (κ1) is 16.7. The van der Waals surface area contributed by atoms with Gasteiger partial charge in [0.1, 0.15) is 0 Å². The number of rotatable bonds is 7. The van der Waals surface area contributed by atoms with Crippen molar-refractivity contribution < 1.29 is 19.1 Å². The van der Waals surface area contributed by atoms with E-state index in [9.17, 15) is 9.59 Å². The van der Waals surface area contributed by atoms with Gasteiger partial charge in [0, 0.05) is 6.42 Å². The molecule has 4 heteroatoms. The quantitative estimate of drug-likeness (QED) is 0.448. The third kappa shape index (κ3) is 6.34. The zero-order chi connectivity index (χ0) is 16.3. The number of carbonyl (C=O) groups is 2. The molecule has 0 aliphatic rings. The van der Waals surface area contributed by atoms with E-state index >= 15 is 0 Å².